The first kappa shape index (κ1) is 15.5. The largest absolute Gasteiger partial charge is 0.478 e. The molecule has 0 spiro atoms. The van der Waals surface area contributed by atoms with E-state index in [1.165, 1.54) is 0 Å². The second kappa shape index (κ2) is 7.22. The molecule has 0 aromatic heterocycles. The van der Waals surface area contributed by atoms with Gasteiger partial charge in [0.05, 0.1) is 5.56 Å². The molecule has 2 rings (SSSR count). The number of amides is 1. The standard InChI is InChI=1S/C16H22N2O3/c17-9-11-4-6-13(7-5-11)15(19)18-10-12-2-1-3-14(8-12)16(20)21/h1-3,8,11,13H,4-7,9-10,17H2,(H,18,19)(H,20,21). The first-order chi connectivity index (χ1) is 10.1. The van der Waals surface area contributed by atoms with Gasteiger partial charge < -0.3 is 16.2 Å². The number of aromatic carboxylic acids is 1. The summed E-state index contributed by atoms with van der Waals surface area (Å²) in [6, 6.07) is 6.64. The van der Waals surface area contributed by atoms with Crippen LogP contribution in [0.25, 0.3) is 0 Å². The highest BCUT2D eigenvalue weighted by Crippen LogP contribution is 2.28. The predicted molar refractivity (Wildman–Crippen MR) is 79.8 cm³/mol. The molecular weight excluding hydrogens is 268 g/mol. The SMILES string of the molecule is NCC1CCC(C(=O)NCc2cccc(C(=O)O)c2)CC1. The third-order valence-corrected chi connectivity index (χ3v) is 4.19. The monoisotopic (exact) mass is 290 g/mol. The number of rotatable bonds is 5. The van der Waals surface area contributed by atoms with Crippen molar-refractivity contribution in [2.45, 2.75) is 32.2 Å². The molecular formula is C16H22N2O3. The van der Waals surface area contributed by atoms with Gasteiger partial charge in [-0.1, -0.05) is 12.1 Å². The highest BCUT2D eigenvalue weighted by atomic mass is 16.4. The topological polar surface area (TPSA) is 92.4 Å². The fraction of sp³-hybridized carbons (Fsp3) is 0.500. The average molecular weight is 290 g/mol. The molecule has 1 aromatic carbocycles. The van der Waals surface area contributed by atoms with E-state index >= 15 is 0 Å². The third kappa shape index (κ3) is 4.29. The highest BCUT2D eigenvalue weighted by Gasteiger charge is 2.25. The van der Waals surface area contributed by atoms with Gasteiger partial charge in [-0.3, -0.25) is 4.79 Å². The third-order valence-electron chi connectivity index (χ3n) is 4.19. The van der Waals surface area contributed by atoms with Crippen molar-refractivity contribution >= 4 is 11.9 Å². The summed E-state index contributed by atoms with van der Waals surface area (Å²) >= 11 is 0. The Bertz CT molecular complexity index is 508. The quantitative estimate of drug-likeness (QED) is 0.770. The van der Waals surface area contributed by atoms with Gasteiger partial charge >= 0.3 is 5.97 Å². The van der Waals surface area contributed by atoms with Crippen LogP contribution in [0.1, 0.15) is 41.6 Å². The molecule has 1 saturated carbocycles. The van der Waals surface area contributed by atoms with E-state index in [2.05, 4.69) is 5.32 Å². The Morgan fingerprint density at radius 1 is 1.24 bits per heavy atom. The van der Waals surface area contributed by atoms with Crippen LogP contribution in [0.15, 0.2) is 24.3 Å². The molecule has 1 aliphatic carbocycles. The van der Waals surface area contributed by atoms with Crippen LogP contribution in [0.4, 0.5) is 0 Å². The van der Waals surface area contributed by atoms with Crippen molar-refractivity contribution in [2.24, 2.45) is 17.6 Å². The number of nitrogens with two attached hydrogens (primary N) is 1. The van der Waals surface area contributed by atoms with E-state index < -0.39 is 5.97 Å². The smallest absolute Gasteiger partial charge is 0.335 e. The van der Waals surface area contributed by atoms with Crippen molar-refractivity contribution in [3.05, 3.63) is 35.4 Å². The number of benzene rings is 1. The minimum atomic E-state index is -0.955. The van der Waals surface area contributed by atoms with Gasteiger partial charge in [-0.25, -0.2) is 4.79 Å². The number of carbonyl (C=O) groups excluding carboxylic acids is 1. The van der Waals surface area contributed by atoms with Crippen LogP contribution in [0.5, 0.6) is 0 Å². The van der Waals surface area contributed by atoms with Crippen molar-refractivity contribution in [1.82, 2.24) is 5.32 Å². The lowest BCUT2D eigenvalue weighted by molar-refractivity contribution is -0.126. The molecule has 114 valence electrons. The Morgan fingerprint density at radius 2 is 1.95 bits per heavy atom. The van der Waals surface area contributed by atoms with Crippen LogP contribution in [0.3, 0.4) is 0 Å². The number of carbonyl (C=O) groups is 2. The number of carboxylic acid groups (broad SMARTS) is 1. The molecule has 0 saturated heterocycles. The van der Waals surface area contributed by atoms with Crippen molar-refractivity contribution < 1.29 is 14.7 Å². The van der Waals surface area contributed by atoms with Crippen molar-refractivity contribution in [1.29, 1.82) is 0 Å². The number of hydrogen-bond acceptors (Lipinski definition) is 3. The normalized spacial score (nSPS) is 21.8. The summed E-state index contributed by atoms with van der Waals surface area (Å²) in [7, 11) is 0. The van der Waals surface area contributed by atoms with Crippen LogP contribution in [-0.4, -0.2) is 23.5 Å². The van der Waals surface area contributed by atoms with E-state index in [-0.39, 0.29) is 17.4 Å². The van der Waals surface area contributed by atoms with E-state index in [4.69, 9.17) is 10.8 Å². The number of nitrogens with one attached hydrogen (secondary N) is 1. The summed E-state index contributed by atoms with van der Waals surface area (Å²) < 4.78 is 0. The lowest BCUT2D eigenvalue weighted by Gasteiger charge is -2.26. The predicted octanol–water partition coefficient (Wildman–Crippen LogP) is 1.77. The van der Waals surface area contributed by atoms with Gasteiger partial charge in [0, 0.05) is 12.5 Å². The van der Waals surface area contributed by atoms with Gasteiger partial charge in [-0.05, 0) is 55.8 Å². The fourth-order valence-electron chi connectivity index (χ4n) is 2.81. The first-order valence-corrected chi connectivity index (χ1v) is 7.40. The van der Waals surface area contributed by atoms with E-state index in [0.29, 0.717) is 19.0 Å². The summed E-state index contributed by atoms with van der Waals surface area (Å²) in [6.45, 7) is 1.08. The molecule has 1 aromatic rings. The molecule has 0 aliphatic heterocycles. The minimum absolute atomic E-state index is 0.0613. The Labute approximate surface area is 124 Å². The molecule has 1 amide bonds. The van der Waals surface area contributed by atoms with Gasteiger partial charge in [0.25, 0.3) is 0 Å². The van der Waals surface area contributed by atoms with Gasteiger partial charge in [-0.2, -0.15) is 0 Å². The lowest BCUT2D eigenvalue weighted by atomic mass is 9.81. The second-order valence-corrected chi connectivity index (χ2v) is 5.68. The van der Waals surface area contributed by atoms with Crippen LogP contribution < -0.4 is 11.1 Å². The summed E-state index contributed by atoms with van der Waals surface area (Å²) in [5, 5.41) is 11.8. The zero-order valence-electron chi connectivity index (χ0n) is 12.0. The van der Waals surface area contributed by atoms with Crippen LogP contribution in [0.2, 0.25) is 0 Å². The molecule has 21 heavy (non-hydrogen) atoms. The van der Waals surface area contributed by atoms with Gasteiger partial charge in [0.15, 0.2) is 0 Å². The Hall–Kier alpha value is -1.88. The molecule has 1 fully saturated rings. The molecule has 0 bridgehead atoms. The van der Waals surface area contributed by atoms with E-state index in [1.807, 2.05) is 6.07 Å². The Morgan fingerprint density at radius 3 is 2.57 bits per heavy atom. The van der Waals surface area contributed by atoms with Gasteiger partial charge in [-0.15, -0.1) is 0 Å². The summed E-state index contributed by atoms with van der Waals surface area (Å²) in [5.41, 5.74) is 6.69. The summed E-state index contributed by atoms with van der Waals surface area (Å²) in [4.78, 5) is 23.0. The maximum absolute atomic E-state index is 12.1. The Kier molecular flexibility index (Phi) is 5.33. The van der Waals surface area contributed by atoms with Crippen LogP contribution in [0, 0.1) is 11.8 Å². The molecule has 4 N–H and O–H groups in total. The molecule has 0 atom stereocenters. The fourth-order valence-corrected chi connectivity index (χ4v) is 2.81. The summed E-state index contributed by atoms with van der Waals surface area (Å²) in [5.74, 6) is -0.272. The highest BCUT2D eigenvalue weighted by molar-refractivity contribution is 5.87. The maximum atomic E-state index is 12.1. The average Bonchev–Trinajstić information content (AvgIpc) is 2.53. The number of carboxylic acids is 1. The molecule has 0 heterocycles. The number of hydrogen-bond donors (Lipinski definition) is 3. The minimum Gasteiger partial charge on any atom is -0.478 e. The molecule has 5 nitrogen and oxygen atoms in total. The van der Waals surface area contributed by atoms with E-state index in [9.17, 15) is 9.59 Å². The molecule has 0 unspecified atom stereocenters. The molecule has 0 radical (unpaired) electrons. The van der Waals surface area contributed by atoms with Crippen molar-refractivity contribution in [3.8, 4) is 0 Å². The van der Waals surface area contributed by atoms with Crippen LogP contribution >= 0.6 is 0 Å². The molecule has 1 aliphatic rings. The van der Waals surface area contributed by atoms with Crippen molar-refractivity contribution in [2.75, 3.05) is 6.54 Å². The van der Waals surface area contributed by atoms with E-state index in [1.54, 1.807) is 18.2 Å². The Balaban J connectivity index is 1.84. The summed E-state index contributed by atoms with van der Waals surface area (Å²) in [6.07, 6.45) is 3.82. The van der Waals surface area contributed by atoms with E-state index in [0.717, 1.165) is 31.2 Å². The zero-order valence-corrected chi connectivity index (χ0v) is 12.0. The molecule has 5 heteroatoms. The van der Waals surface area contributed by atoms with Crippen LogP contribution in [-0.2, 0) is 11.3 Å². The zero-order chi connectivity index (χ0) is 15.2. The first-order valence-electron chi connectivity index (χ1n) is 7.40. The van der Waals surface area contributed by atoms with Gasteiger partial charge in [0.2, 0.25) is 5.91 Å². The van der Waals surface area contributed by atoms with Crippen molar-refractivity contribution in [3.63, 3.8) is 0 Å². The second-order valence-electron chi connectivity index (χ2n) is 5.68. The maximum Gasteiger partial charge on any atom is 0.335 e. The van der Waals surface area contributed by atoms with Gasteiger partial charge in [0.1, 0.15) is 0 Å². The lowest BCUT2D eigenvalue weighted by Crippen LogP contribution is -2.34.